The monoisotopic (exact) mass is 315 g/mol. The van der Waals surface area contributed by atoms with Gasteiger partial charge in [0.2, 0.25) is 0 Å². The van der Waals surface area contributed by atoms with Gasteiger partial charge in [0.05, 0.1) is 11.6 Å². The Bertz CT molecular complexity index is 749. The molecule has 4 rings (SSSR count). The lowest BCUT2D eigenvalue weighted by atomic mass is 9.76. The lowest BCUT2D eigenvalue weighted by Gasteiger charge is -2.37. The van der Waals surface area contributed by atoms with Gasteiger partial charge in [-0.1, -0.05) is 42.5 Å². The molecule has 2 aromatic rings. The second-order valence-electron chi connectivity index (χ2n) is 6.19. The zero-order valence-electron chi connectivity index (χ0n) is 12.3. The predicted molar refractivity (Wildman–Crippen MR) is 84.2 cm³/mol. The van der Waals surface area contributed by atoms with Gasteiger partial charge in [0.25, 0.3) is 0 Å². The Morgan fingerprint density at radius 2 is 1.78 bits per heavy atom. The molecule has 1 heterocycles. The second kappa shape index (κ2) is 5.15. The largest absolute Gasteiger partial charge is 0.416 e. The fraction of sp³-hybridized carbons (Fsp3) is 0.263. The molecule has 1 N–H and O–H groups in total. The highest BCUT2D eigenvalue weighted by atomic mass is 19.4. The fourth-order valence-electron chi connectivity index (χ4n) is 3.76. The number of hydrogen-bond donors (Lipinski definition) is 1. The van der Waals surface area contributed by atoms with Crippen molar-refractivity contribution in [2.24, 2.45) is 5.92 Å². The highest BCUT2D eigenvalue weighted by Gasteiger charge is 2.39. The van der Waals surface area contributed by atoms with E-state index in [1.807, 2.05) is 18.2 Å². The van der Waals surface area contributed by atoms with Crippen LogP contribution in [0.25, 0.3) is 0 Å². The van der Waals surface area contributed by atoms with Gasteiger partial charge in [-0.15, -0.1) is 0 Å². The summed E-state index contributed by atoms with van der Waals surface area (Å²) in [6.07, 6.45) is 0.721. The van der Waals surface area contributed by atoms with Crippen LogP contribution in [0.15, 0.2) is 60.7 Å². The summed E-state index contributed by atoms with van der Waals surface area (Å²) in [5.74, 6) is 0.298. The summed E-state index contributed by atoms with van der Waals surface area (Å²) in [5, 5.41) is 3.46. The highest BCUT2D eigenvalue weighted by Crippen LogP contribution is 2.50. The first kappa shape index (κ1) is 14.4. The van der Waals surface area contributed by atoms with Crippen LogP contribution in [0.2, 0.25) is 0 Å². The molecule has 23 heavy (non-hydrogen) atoms. The molecule has 0 fully saturated rings. The van der Waals surface area contributed by atoms with E-state index in [-0.39, 0.29) is 17.9 Å². The van der Waals surface area contributed by atoms with Gasteiger partial charge in [-0.05, 0) is 41.7 Å². The minimum absolute atomic E-state index is 0.0405. The number of nitrogens with one attached hydrogen (secondary N) is 1. The van der Waals surface area contributed by atoms with E-state index < -0.39 is 11.7 Å². The summed E-state index contributed by atoms with van der Waals surface area (Å²) >= 11 is 0. The third-order valence-electron chi connectivity index (χ3n) is 4.85. The van der Waals surface area contributed by atoms with E-state index >= 15 is 0 Å². The van der Waals surface area contributed by atoms with Crippen LogP contribution >= 0.6 is 0 Å². The summed E-state index contributed by atoms with van der Waals surface area (Å²) in [6, 6.07) is 14.3. The molecule has 118 valence electrons. The van der Waals surface area contributed by atoms with Crippen LogP contribution in [-0.2, 0) is 6.18 Å². The third kappa shape index (κ3) is 2.42. The van der Waals surface area contributed by atoms with Crippen molar-refractivity contribution in [1.82, 2.24) is 0 Å². The first-order valence-electron chi connectivity index (χ1n) is 7.73. The number of fused-ring (bicyclic) bond motifs is 3. The molecule has 1 aliphatic heterocycles. The standard InChI is InChI=1S/C19H16F3N/c20-19(21,22)13-9-10-17-16(11-13)14-7-4-8-15(14)18(23-17)12-5-2-1-3-6-12/h1-7,9-11,14-15,18,23H,8H2. The van der Waals surface area contributed by atoms with Gasteiger partial charge in [0, 0.05) is 11.6 Å². The average Bonchev–Trinajstić information content (AvgIpc) is 3.03. The zero-order chi connectivity index (χ0) is 16.0. The van der Waals surface area contributed by atoms with Crippen LogP contribution in [0.5, 0.6) is 0 Å². The molecule has 3 atom stereocenters. The molecule has 0 saturated heterocycles. The lowest BCUT2D eigenvalue weighted by Crippen LogP contribution is -2.29. The summed E-state index contributed by atoms with van der Waals surface area (Å²) in [6.45, 7) is 0. The maximum Gasteiger partial charge on any atom is 0.416 e. The number of rotatable bonds is 1. The van der Waals surface area contributed by atoms with Gasteiger partial charge < -0.3 is 5.32 Å². The van der Waals surface area contributed by atoms with Gasteiger partial charge in [-0.25, -0.2) is 0 Å². The van der Waals surface area contributed by atoms with E-state index in [0.29, 0.717) is 0 Å². The SMILES string of the molecule is FC(F)(F)c1ccc2c(c1)C1C=CCC1C(c1ccccc1)N2. The van der Waals surface area contributed by atoms with E-state index in [4.69, 9.17) is 0 Å². The van der Waals surface area contributed by atoms with Crippen molar-refractivity contribution >= 4 is 5.69 Å². The van der Waals surface area contributed by atoms with Gasteiger partial charge in [0.15, 0.2) is 0 Å². The van der Waals surface area contributed by atoms with Crippen molar-refractivity contribution in [1.29, 1.82) is 0 Å². The lowest BCUT2D eigenvalue weighted by molar-refractivity contribution is -0.137. The van der Waals surface area contributed by atoms with Crippen molar-refractivity contribution in [3.8, 4) is 0 Å². The van der Waals surface area contributed by atoms with Crippen LogP contribution in [0.3, 0.4) is 0 Å². The molecule has 2 aromatic carbocycles. The van der Waals surface area contributed by atoms with Crippen LogP contribution in [0.1, 0.15) is 35.1 Å². The number of hydrogen-bond acceptors (Lipinski definition) is 1. The van der Waals surface area contributed by atoms with Gasteiger partial charge in [-0.2, -0.15) is 13.2 Å². The Morgan fingerprint density at radius 1 is 1.00 bits per heavy atom. The van der Waals surface area contributed by atoms with E-state index in [0.717, 1.165) is 23.7 Å². The van der Waals surface area contributed by atoms with Gasteiger partial charge in [-0.3, -0.25) is 0 Å². The van der Waals surface area contributed by atoms with Gasteiger partial charge >= 0.3 is 6.18 Å². The first-order chi connectivity index (χ1) is 11.0. The fourth-order valence-corrected chi connectivity index (χ4v) is 3.76. The number of alkyl halides is 3. The summed E-state index contributed by atoms with van der Waals surface area (Å²) in [4.78, 5) is 0. The van der Waals surface area contributed by atoms with Gasteiger partial charge in [0.1, 0.15) is 0 Å². The molecule has 4 heteroatoms. The molecule has 0 aromatic heterocycles. The topological polar surface area (TPSA) is 12.0 Å². The van der Waals surface area contributed by atoms with Crippen molar-refractivity contribution < 1.29 is 13.2 Å². The summed E-state index contributed by atoms with van der Waals surface area (Å²) in [5.41, 5.74) is 2.16. The molecule has 1 nitrogen and oxygen atoms in total. The Morgan fingerprint density at radius 3 is 2.52 bits per heavy atom. The van der Waals surface area contributed by atoms with Crippen LogP contribution in [0, 0.1) is 5.92 Å². The number of allylic oxidation sites excluding steroid dienone is 2. The van der Waals surface area contributed by atoms with Crippen LogP contribution < -0.4 is 5.32 Å². The first-order valence-corrected chi connectivity index (χ1v) is 7.73. The molecule has 0 radical (unpaired) electrons. The minimum Gasteiger partial charge on any atom is -0.378 e. The molecular formula is C19H16F3N. The molecule has 0 amide bonds. The summed E-state index contributed by atoms with van der Waals surface area (Å²) in [7, 11) is 0. The molecule has 0 saturated carbocycles. The maximum absolute atomic E-state index is 13.0. The minimum atomic E-state index is -4.30. The molecule has 3 unspecified atom stereocenters. The van der Waals surface area contributed by atoms with E-state index in [1.165, 1.54) is 11.6 Å². The quantitative estimate of drug-likeness (QED) is 0.682. The predicted octanol–water partition coefficient (Wildman–Crippen LogP) is 5.53. The highest BCUT2D eigenvalue weighted by molar-refractivity contribution is 5.61. The maximum atomic E-state index is 13.0. The van der Waals surface area contributed by atoms with E-state index in [1.54, 1.807) is 6.07 Å². The molecule has 2 aliphatic rings. The van der Waals surface area contributed by atoms with Crippen molar-refractivity contribution in [2.75, 3.05) is 5.32 Å². The van der Waals surface area contributed by atoms with Crippen LogP contribution in [-0.4, -0.2) is 0 Å². The van der Waals surface area contributed by atoms with E-state index in [2.05, 4.69) is 29.6 Å². The third-order valence-corrected chi connectivity index (χ3v) is 4.85. The Kier molecular flexibility index (Phi) is 3.22. The average molecular weight is 315 g/mol. The zero-order valence-corrected chi connectivity index (χ0v) is 12.3. The van der Waals surface area contributed by atoms with E-state index in [9.17, 15) is 13.2 Å². The molecular weight excluding hydrogens is 299 g/mol. The van der Waals surface area contributed by atoms with Crippen molar-refractivity contribution in [3.05, 3.63) is 77.4 Å². The Hall–Kier alpha value is -2.23. The number of benzene rings is 2. The molecule has 1 aliphatic carbocycles. The van der Waals surface area contributed by atoms with Crippen molar-refractivity contribution in [2.45, 2.75) is 24.6 Å². The number of halogens is 3. The van der Waals surface area contributed by atoms with Crippen LogP contribution in [0.4, 0.5) is 18.9 Å². The Balaban J connectivity index is 1.78. The number of anilines is 1. The van der Waals surface area contributed by atoms with Crippen molar-refractivity contribution in [3.63, 3.8) is 0 Å². The Labute approximate surface area is 132 Å². The molecule has 0 spiro atoms. The normalized spacial score (nSPS) is 25.6. The molecule has 0 bridgehead atoms. The summed E-state index contributed by atoms with van der Waals surface area (Å²) < 4.78 is 39.0. The smallest absolute Gasteiger partial charge is 0.378 e. The second-order valence-corrected chi connectivity index (χ2v) is 6.19.